The summed E-state index contributed by atoms with van der Waals surface area (Å²) >= 11 is 0. The molecule has 0 saturated heterocycles. The summed E-state index contributed by atoms with van der Waals surface area (Å²) in [5.74, 6) is -0.354. The molecule has 0 aliphatic heterocycles. The minimum atomic E-state index is -4.51. The van der Waals surface area contributed by atoms with Gasteiger partial charge in [0.25, 0.3) is 0 Å². The topological polar surface area (TPSA) is 58.3 Å². The van der Waals surface area contributed by atoms with E-state index in [0.717, 1.165) is 12.1 Å². The second-order valence-electron chi connectivity index (χ2n) is 5.07. The van der Waals surface area contributed by atoms with Gasteiger partial charge in [-0.05, 0) is 25.1 Å². The number of alkyl halides is 3. The quantitative estimate of drug-likeness (QED) is 0.745. The number of hydrogen-bond donors (Lipinski definition) is 2. The molecule has 23 heavy (non-hydrogen) atoms. The average molecular weight is 322 g/mol. The number of phenolic OH excluding ortho intramolecular Hbond substituents is 2. The van der Waals surface area contributed by atoms with Gasteiger partial charge >= 0.3 is 6.18 Å². The van der Waals surface area contributed by atoms with Gasteiger partial charge in [-0.2, -0.15) is 18.3 Å². The zero-order chi connectivity index (χ0) is 16.8. The van der Waals surface area contributed by atoms with Gasteiger partial charge in [0.05, 0.1) is 11.3 Å². The lowest BCUT2D eigenvalue weighted by atomic mass is 10.0. The van der Waals surface area contributed by atoms with E-state index >= 15 is 0 Å². The van der Waals surface area contributed by atoms with E-state index in [1.165, 1.54) is 28.9 Å². The van der Waals surface area contributed by atoms with Crippen molar-refractivity contribution in [3.8, 4) is 22.8 Å². The Hall–Kier alpha value is -2.70. The van der Waals surface area contributed by atoms with Crippen LogP contribution < -0.4 is 0 Å². The third-order valence-electron chi connectivity index (χ3n) is 3.61. The van der Waals surface area contributed by atoms with Gasteiger partial charge in [0.2, 0.25) is 0 Å². The number of nitrogens with zero attached hydrogens (tertiary/aromatic N) is 2. The Morgan fingerprint density at radius 1 is 1.13 bits per heavy atom. The van der Waals surface area contributed by atoms with Gasteiger partial charge in [0, 0.05) is 23.6 Å². The normalized spacial score (nSPS) is 12.0. The summed E-state index contributed by atoms with van der Waals surface area (Å²) < 4.78 is 40.9. The number of phenols is 2. The SMILES string of the molecule is CCn1nc2c(C(F)(F)F)cccc2c1-c1ccc(O)cc1O. The van der Waals surface area contributed by atoms with E-state index < -0.39 is 11.7 Å². The van der Waals surface area contributed by atoms with Gasteiger partial charge in [-0.15, -0.1) is 0 Å². The Morgan fingerprint density at radius 3 is 2.48 bits per heavy atom. The van der Waals surface area contributed by atoms with E-state index in [1.807, 2.05) is 0 Å². The highest BCUT2D eigenvalue weighted by Gasteiger charge is 2.34. The fraction of sp³-hybridized carbons (Fsp3) is 0.188. The molecule has 0 fully saturated rings. The molecule has 0 amide bonds. The van der Waals surface area contributed by atoms with Crippen LogP contribution in [-0.4, -0.2) is 20.0 Å². The third kappa shape index (κ3) is 2.48. The maximum Gasteiger partial charge on any atom is 0.418 e. The van der Waals surface area contributed by atoms with Crippen LogP contribution in [0, 0.1) is 0 Å². The van der Waals surface area contributed by atoms with Gasteiger partial charge < -0.3 is 10.2 Å². The van der Waals surface area contributed by atoms with E-state index in [4.69, 9.17) is 0 Å². The lowest BCUT2D eigenvalue weighted by Gasteiger charge is -2.08. The molecule has 0 aliphatic rings. The average Bonchev–Trinajstić information content (AvgIpc) is 2.84. The molecule has 0 aliphatic carbocycles. The standard InChI is InChI=1S/C16H13F3N2O2/c1-2-21-15(10-7-6-9(22)8-13(10)23)11-4-3-5-12(14(11)20-21)16(17,18)19/h3-8,22-23H,2H2,1H3. The highest BCUT2D eigenvalue weighted by atomic mass is 19.4. The molecule has 3 rings (SSSR count). The summed E-state index contributed by atoms with van der Waals surface area (Å²) in [6.07, 6.45) is -4.51. The van der Waals surface area contributed by atoms with Crippen molar-refractivity contribution >= 4 is 10.9 Å². The predicted molar refractivity (Wildman–Crippen MR) is 79.2 cm³/mol. The van der Waals surface area contributed by atoms with Crippen LogP contribution in [0.5, 0.6) is 11.5 Å². The van der Waals surface area contributed by atoms with Crippen molar-refractivity contribution in [3.05, 3.63) is 42.0 Å². The van der Waals surface area contributed by atoms with E-state index in [2.05, 4.69) is 5.10 Å². The molecule has 3 aromatic rings. The smallest absolute Gasteiger partial charge is 0.418 e. The van der Waals surface area contributed by atoms with Gasteiger partial charge in [-0.1, -0.05) is 12.1 Å². The molecule has 1 heterocycles. The second-order valence-corrected chi connectivity index (χ2v) is 5.07. The molecular formula is C16H13F3N2O2. The first-order valence-electron chi connectivity index (χ1n) is 6.92. The Morgan fingerprint density at radius 2 is 1.87 bits per heavy atom. The van der Waals surface area contributed by atoms with Gasteiger partial charge in [0.15, 0.2) is 0 Å². The highest BCUT2D eigenvalue weighted by Crippen LogP contribution is 2.40. The van der Waals surface area contributed by atoms with Crippen molar-refractivity contribution in [1.82, 2.24) is 9.78 Å². The molecule has 4 nitrogen and oxygen atoms in total. The van der Waals surface area contributed by atoms with Crippen LogP contribution in [0.2, 0.25) is 0 Å². The maximum absolute atomic E-state index is 13.2. The van der Waals surface area contributed by atoms with Crippen molar-refractivity contribution in [1.29, 1.82) is 0 Å². The molecule has 1 aromatic heterocycles. The maximum atomic E-state index is 13.2. The van der Waals surface area contributed by atoms with Crippen LogP contribution >= 0.6 is 0 Å². The molecule has 2 aromatic carbocycles. The van der Waals surface area contributed by atoms with E-state index in [9.17, 15) is 23.4 Å². The fourth-order valence-electron chi connectivity index (χ4n) is 2.61. The minimum absolute atomic E-state index is 0.130. The molecule has 0 atom stereocenters. The van der Waals surface area contributed by atoms with Crippen molar-refractivity contribution < 1.29 is 23.4 Å². The van der Waals surface area contributed by atoms with Crippen LogP contribution in [0.15, 0.2) is 36.4 Å². The molecule has 0 bridgehead atoms. The predicted octanol–water partition coefficient (Wildman–Crippen LogP) is 4.15. The highest BCUT2D eigenvalue weighted by molar-refractivity contribution is 5.96. The molecule has 7 heteroatoms. The number of fused-ring (bicyclic) bond motifs is 1. The summed E-state index contributed by atoms with van der Waals surface area (Å²) in [5, 5.41) is 23.8. The third-order valence-corrected chi connectivity index (χ3v) is 3.61. The Kier molecular flexibility index (Phi) is 3.43. The van der Waals surface area contributed by atoms with Crippen LogP contribution in [0.25, 0.3) is 22.2 Å². The number of aryl methyl sites for hydroxylation is 1. The van der Waals surface area contributed by atoms with Crippen molar-refractivity contribution in [2.24, 2.45) is 0 Å². The lowest BCUT2D eigenvalue weighted by Crippen LogP contribution is -2.06. The first-order valence-corrected chi connectivity index (χ1v) is 6.92. The lowest BCUT2D eigenvalue weighted by molar-refractivity contribution is -0.136. The van der Waals surface area contributed by atoms with Gasteiger partial charge in [-0.3, -0.25) is 4.68 Å². The second kappa shape index (κ2) is 5.19. The number of rotatable bonds is 2. The van der Waals surface area contributed by atoms with E-state index in [0.29, 0.717) is 23.2 Å². The van der Waals surface area contributed by atoms with Crippen molar-refractivity contribution in [3.63, 3.8) is 0 Å². The summed E-state index contributed by atoms with van der Waals surface area (Å²) in [5.41, 5.74) is -0.288. The number of halogens is 3. The summed E-state index contributed by atoms with van der Waals surface area (Å²) in [6, 6.07) is 7.78. The zero-order valence-corrected chi connectivity index (χ0v) is 12.1. The number of benzene rings is 2. The van der Waals surface area contributed by atoms with Crippen LogP contribution in [0.3, 0.4) is 0 Å². The van der Waals surface area contributed by atoms with Crippen molar-refractivity contribution in [2.75, 3.05) is 0 Å². The molecule has 0 saturated carbocycles. The summed E-state index contributed by atoms with van der Waals surface area (Å²) in [7, 11) is 0. The molecule has 120 valence electrons. The monoisotopic (exact) mass is 322 g/mol. The Labute approximate surface area is 129 Å². The molecular weight excluding hydrogens is 309 g/mol. The largest absolute Gasteiger partial charge is 0.508 e. The Balaban J connectivity index is 2.37. The zero-order valence-electron chi connectivity index (χ0n) is 12.1. The van der Waals surface area contributed by atoms with Crippen LogP contribution in [0.4, 0.5) is 13.2 Å². The van der Waals surface area contributed by atoms with Crippen LogP contribution in [0.1, 0.15) is 12.5 Å². The van der Waals surface area contributed by atoms with Crippen molar-refractivity contribution in [2.45, 2.75) is 19.6 Å². The van der Waals surface area contributed by atoms with Crippen LogP contribution in [-0.2, 0) is 12.7 Å². The first kappa shape index (κ1) is 15.2. The molecule has 0 spiro atoms. The fourth-order valence-corrected chi connectivity index (χ4v) is 2.61. The number of aromatic hydroxyl groups is 2. The summed E-state index contributed by atoms with van der Waals surface area (Å²) in [6.45, 7) is 2.09. The first-order chi connectivity index (χ1) is 10.8. The molecule has 0 radical (unpaired) electrons. The van der Waals surface area contributed by atoms with E-state index in [-0.39, 0.29) is 17.0 Å². The summed E-state index contributed by atoms with van der Waals surface area (Å²) in [4.78, 5) is 0. The minimum Gasteiger partial charge on any atom is -0.508 e. The van der Waals surface area contributed by atoms with Gasteiger partial charge in [0.1, 0.15) is 17.0 Å². The number of hydrogen-bond acceptors (Lipinski definition) is 3. The molecule has 2 N–H and O–H groups in total. The van der Waals surface area contributed by atoms with E-state index in [1.54, 1.807) is 6.92 Å². The number of aromatic nitrogens is 2. The van der Waals surface area contributed by atoms with Gasteiger partial charge in [-0.25, -0.2) is 0 Å². The molecule has 0 unspecified atom stereocenters. The Bertz CT molecular complexity index is 885.